The van der Waals surface area contributed by atoms with Crippen LogP contribution in [0.25, 0.3) is 16.8 Å². The van der Waals surface area contributed by atoms with Crippen molar-refractivity contribution in [2.24, 2.45) is 4.99 Å². The first-order valence-corrected chi connectivity index (χ1v) is 9.69. The van der Waals surface area contributed by atoms with E-state index in [1.807, 2.05) is 18.5 Å². The number of hydrogen-bond donors (Lipinski definition) is 0. The molecule has 2 heterocycles. The fourth-order valence-corrected chi connectivity index (χ4v) is 3.87. The number of aromatic nitrogens is 2. The molecule has 0 radical (unpaired) electrons. The summed E-state index contributed by atoms with van der Waals surface area (Å²) in [7, 11) is 1.70. The topological polar surface area (TPSA) is 39.4 Å². The van der Waals surface area contributed by atoms with Gasteiger partial charge in [0, 0.05) is 18.2 Å². The predicted molar refractivity (Wildman–Crippen MR) is 115 cm³/mol. The van der Waals surface area contributed by atoms with Gasteiger partial charge in [-0.15, -0.1) is 0 Å². The first kappa shape index (κ1) is 17.6. The maximum Gasteiger partial charge on any atom is 0.0999 e. The molecule has 1 aromatic heterocycles. The molecule has 0 saturated heterocycles. The number of fused-ring (bicyclic) bond motifs is 3. The molecule has 5 rings (SSSR count). The Morgan fingerprint density at radius 1 is 0.862 bits per heavy atom. The van der Waals surface area contributed by atoms with Crippen LogP contribution in [0.4, 0.5) is 0 Å². The lowest BCUT2D eigenvalue weighted by Gasteiger charge is -2.14. The lowest BCUT2D eigenvalue weighted by molar-refractivity contribution is 0.181. The van der Waals surface area contributed by atoms with Gasteiger partial charge in [0.05, 0.1) is 42.3 Å². The SMILES string of the molecule is COCc1ncn2c1CN=C(c1ccccc1)c1cc(-c3ccccc3)ccc1-2. The van der Waals surface area contributed by atoms with E-state index in [1.54, 1.807) is 7.11 Å². The number of nitrogens with zero attached hydrogens (tertiary/aromatic N) is 3. The van der Waals surface area contributed by atoms with Crippen LogP contribution in [-0.4, -0.2) is 22.4 Å². The Labute approximate surface area is 170 Å². The zero-order valence-electron chi connectivity index (χ0n) is 16.2. The summed E-state index contributed by atoms with van der Waals surface area (Å²) in [6, 6.07) is 27.4. The molecule has 0 saturated carbocycles. The van der Waals surface area contributed by atoms with Crippen LogP contribution in [0.1, 0.15) is 22.5 Å². The summed E-state index contributed by atoms with van der Waals surface area (Å²) in [5, 5.41) is 0. The molecule has 0 N–H and O–H groups in total. The Morgan fingerprint density at radius 2 is 1.59 bits per heavy atom. The summed E-state index contributed by atoms with van der Waals surface area (Å²) in [6.07, 6.45) is 1.88. The highest BCUT2D eigenvalue weighted by Crippen LogP contribution is 2.30. The standard InChI is InChI=1S/C25H21N3O/c1-29-16-22-24-15-26-25(19-10-6-3-7-11-19)21-14-20(18-8-4-2-5-9-18)12-13-23(21)28(24)17-27-22/h2-14,17H,15-16H2,1H3. The molecule has 0 fully saturated rings. The third kappa shape index (κ3) is 3.18. The average Bonchev–Trinajstić information content (AvgIpc) is 3.10. The summed E-state index contributed by atoms with van der Waals surface area (Å²) in [5.41, 5.74) is 8.70. The van der Waals surface area contributed by atoms with Gasteiger partial charge in [-0.3, -0.25) is 4.99 Å². The molecule has 4 aromatic rings. The average molecular weight is 379 g/mol. The maximum absolute atomic E-state index is 5.35. The molecular formula is C25H21N3O. The monoisotopic (exact) mass is 379 g/mol. The number of ether oxygens (including phenoxy) is 1. The molecule has 4 nitrogen and oxygen atoms in total. The molecule has 0 amide bonds. The number of aliphatic imine (C=N–C) groups is 1. The minimum Gasteiger partial charge on any atom is -0.378 e. The smallest absolute Gasteiger partial charge is 0.0999 e. The Morgan fingerprint density at radius 3 is 2.31 bits per heavy atom. The van der Waals surface area contributed by atoms with Crippen molar-refractivity contribution in [2.75, 3.05) is 7.11 Å². The molecule has 3 aromatic carbocycles. The van der Waals surface area contributed by atoms with Crippen LogP contribution in [0.5, 0.6) is 0 Å². The number of rotatable bonds is 4. The van der Waals surface area contributed by atoms with E-state index >= 15 is 0 Å². The van der Waals surface area contributed by atoms with Crippen LogP contribution in [0.3, 0.4) is 0 Å². The third-order valence-electron chi connectivity index (χ3n) is 5.29. The molecule has 29 heavy (non-hydrogen) atoms. The van der Waals surface area contributed by atoms with Gasteiger partial charge in [0.15, 0.2) is 0 Å². The van der Waals surface area contributed by atoms with Crippen molar-refractivity contribution in [3.05, 3.63) is 108 Å². The van der Waals surface area contributed by atoms with Crippen molar-refractivity contribution in [3.8, 4) is 16.8 Å². The Balaban J connectivity index is 1.73. The first-order chi connectivity index (χ1) is 14.3. The van der Waals surface area contributed by atoms with E-state index in [4.69, 9.17) is 9.73 Å². The summed E-state index contributed by atoms with van der Waals surface area (Å²) in [5.74, 6) is 0. The van der Waals surface area contributed by atoms with Crippen LogP contribution in [0, 0.1) is 0 Å². The molecular weight excluding hydrogens is 358 g/mol. The number of methoxy groups -OCH3 is 1. The van der Waals surface area contributed by atoms with E-state index in [0.29, 0.717) is 13.2 Å². The van der Waals surface area contributed by atoms with Gasteiger partial charge in [0.2, 0.25) is 0 Å². The fraction of sp³-hybridized carbons (Fsp3) is 0.120. The van der Waals surface area contributed by atoms with Crippen LogP contribution in [0.2, 0.25) is 0 Å². The van der Waals surface area contributed by atoms with Gasteiger partial charge in [0.25, 0.3) is 0 Å². The zero-order valence-corrected chi connectivity index (χ0v) is 16.2. The summed E-state index contributed by atoms with van der Waals surface area (Å²) in [4.78, 5) is 9.60. The second-order valence-corrected chi connectivity index (χ2v) is 7.07. The van der Waals surface area contributed by atoms with Crippen LogP contribution >= 0.6 is 0 Å². The number of benzene rings is 3. The molecule has 0 bridgehead atoms. The van der Waals surface area contributed by atoms with Gasteiger partial charge in [-0.05, 0) is 23.3 Å². The molecule has 1 aliphatic rings. The quantitative estimate of drug-likeness (QED) is 0.498. The van der Waals surface area contributed by atoms with Crippen LogP contribution in [0.15, 0.2) is 90.2 Å². The predicted octanol–water partition coefficient (Wildman–Crippen LogP) is 5.04. The Kier molecular flexibility index (Phi) is 4.54. The van der Waals surface area contributed by atoms with Gasteiger partial charge in [-0.2, -0.15) is 0 Å². The minimum absolute atomic E-state index is 0.482. The summed E-state index contributed by atoms with van der Waals surface area (Å²) >= 11 is 0. The molecule has 0 atom stereocenters. The molecule has 1 aliphatic heterocycles. The normalized spacial score (nSPS) is 12.7. The highest BCUT2D eigenvalue weighted by molar-refractivity contribution is 6.15. The van der Waals surface area contributed by atoms with Crippen LogP contribution < -0.4 is 0 Å². The number of hydrogen-bond acceptors (Lipinski definition) is 3. The van der Waals surface area contributed by atoms with Gasteiger partial charge < -0.3 is 9.30 Å². The second kappa shape index (κ2) is 7.49. The van der Waals surface area contributed by atoms with Gasteiger partial charge in [-0.25, -0.2) is 4.98 Å². The molecule has 4 heteroatoms. The first-order valence-electron chi connectivity index (χ1n) is 9.69. The van der Waals surface area contributed by atoms with E-state index in [0.717, 1.165) is 33.9 Å². The van der Waals surface area contributed by atoms with Gasteiger partial charge in [0.1, 0.15) is 0 Å². The summed E-state index contributed by atoms with van der Waals surface area (Å²) in [6.45, 7) is 1.05. The van der Waals surface area contributed by atoms with Crippen molar-refractivity contribution in [1.82, 2.24) is 9.55 Å². The highest BCUT2D eigenvalue weighted by Gasteiger charge is 2.22. The van der Waals surface area contributed by atoms with E-state index in [-0.39, 0.29) is 0 Å². The Hall–Kier alpha value is -3.50. The summed E-state index contributed by atoms with van der Waals surface area (Å²) < 4.78 is 7.50. The largest absolute Gasteiger partial charge is 0.378 e. The minimum atomic E-state index is 0.482. The van der Waals surface area contributed by atoms with Crippen LogP contribution in [-0.2, 0) is 17.9 Å². The fourth-order valence-electron chi connectivity index (χ4n) is 3.87. The van der Waals surface area contributed by atoms with E-state index in [9.17, 15) is 0 Å². The number of imidazole rings is 1. The van der Waals surface area contributed by atoms with Gasteiger partial charge >= 0.3 is 0 Å². The molecule has 142 valence electrons. The van der Waals surface area contributed by atoms with Crippen molar-refractivity contribution >= 4 is 5.71 Å². The van der Waals surface area contributed by atoms with E-state index in [2.05, 4.69) is 76.3 Å². The highest BCUT2D eigenvalue weighted by atomic mass is 16.5. The molecule has 0 spiro atoms. The van der Waals surface area contributed by atoms with Crippen molar-refractivity contribution < 1.29 is 4.74 Å². The maximum atomic E-state index is 5.35. The third-order valence-corrected chi connectivity index (χ3v) is 5.29. The zero-order chi connectivity index (χ0) is 19.6. The molecule has 0 unspecified atom stereocenters. The van der Waals surface area contributed by atoms with E-state index in [1.165, 1.54) is 11.1 Å². The van der Waals surface area contributed by atoms with E-state index < -0.39 is 0 Å². The Bertz CT molecular complexity index is 1180. The van der Waals surface area contributed by atoms with Gasteiger partial charge in [-0.1, -0.05) is 66.7 Å². The van der Waals surface area contributed by atoms with Crippen molar-refractivity contribution in [2.45, 2.75) is 13.2 Å². The van der Waals surface area contributed by atoms with Crippen molar-refractivity contribution in [1.29, 1.82) is 0 Å². The lowest BCUT2D eigenvalue weighted by atomic mass is 9.96. The lowest BCUT2D eigenvalue weighted by Crippen LogP contribution is -2.07. The molecule has 0 aliphatic carbocycles. The van der Waals surface area contributed by atoms with Crippen molar-refractivity contribution in [3.63, 3.8) is 0 Å². The second-order valence-electron chi connectivity index (χ2n) is 7.07.